The molecular weight excluding hydrogens is 456 g/mol. The number of fused-ring (bicyclic) bond motifs is 4. The van der Waals surface area contributed by atoms with E-state index in [1.54, 1.807) is 7.05 Å². The standard InChI is InChI=1S/C29H48N2O5/c1-15-13-17(14-35-24(34)31-6)36-22-21(15)26(5)11-12-28-16(2)27(28)10-9-20(32)25(3,4)18(27)7-8-19(28)29(26,30)23(22)33/h15-23,32-33H,7-14,30H2,1-6H3,(H,31,34). The van der Waals surface area contributed by atoms with Crippen LogP contribution in [0.15, 0.2) is 0 Å². The van der Waals surface area contributed by atoms with Crippen LogP contribution in [0.25, 0.3) is 0 Å². The van der Waals surface area contributed by atoms with Gasteiger partial charge in [0.2, 0.25) is 0 Å². The third-order valence-electron chi connectivity index (χ3n) is 13.6. The zero-order valence-corrected chi connectivity index (χ0v) is 23.0. The van der Waals surface area contributed by atoms with Crippen LogP contribution in [0.5, 0.6) is 0 Å². The Kier molecular flexibility index (Phi) is 5.37. The van der Waals surface area contributed by atoms with Crippen LogP contribution in [0, 0.1) is 51.2 Å². The lowest BCUT2D eigenvalue weighted by Gasteiger charge is -2.63. The van der Waals surface area contributed by atoms with Crippen molar-refractivity contribution in [2.45, 2.75) is 110 Å². The van der Waals surface area contributed by atoms with E-state index in [2.05, 4.69) is 39.9 Å². The number of amides is 1. The van der Waals surface area contributed by atoms with E-state index in [-0.39, 0.29) is 58.4 Å². The van der Waals surface area contributed by atoms with Crippen LogP contribution < -0.4 is 11.1 Å². The van der Waals surface area contributed by atoms with Crippen molar-refractivity contribution in [3.05, 3.63) is 0 Å². The molecule has 0 radical (unpaired) electrons. The molecule has 0 aromatic carbocycles. The Bertz CT molecular complexity index is 943. The topological polar surface area (TPSA) is 114 Å². The summed E-state index contributed by atoms with van der Waals surface area (Å²) in [4.78, 5) is 11.7. The Morgan fingerprint density at radius 1 is 1.06 bits per heavy atom. The van der Waals surface area contributed by atoms with Gasteiger partial charge in [0.05, 0.1) is 30.0 Å². The summed E-state index contributed by atoms with van der Waals surface area (Å²) in [5, 5.41) is 25.5. The largest absolute Gasteiger partial charge is 0.447 e. The fourth-order valence-corrected chi connectivity index (χ4v) is 12.1. The van der Waals surface area contributed by atoms with Crippen molar-refractivity contribution in [1.29, 1.82) is 0 Å². The zero-order valence-electron chi connectivity index (χ0n) is 23.0. The molecule has 5 saturated carbocycles. The molecule has 2 spiro atoms. The average Bonchev–Trinajstić information content (AvgIpc) is 3.31. The van der Waals surface area contributed by atoms with Crippen molar-refractivity contribution < 1.29 is 24.5 Å². The van der Waals surface area contributed by atoms with Gasteiger partial charge in [-0.1, -0.05) is 34.6 Å². The molecule has 36 heavy (non-hydrogen) atoms. The van der Waals surface area contributed by atoms with Gasteiger partial charge in [0.25, 0.3) is 0 Å². The smallest absolute Gasteiger partial charge is 0.406 e. The number of nitrogens with two attached hydrogens (primary N) is 1. The molecule has 6 fully saturated rings. The van der Waals surface area contributed by atoms with Crippen molar-refractivity contribution in [3.8, 4) is 0 Å². The highest BCUT2D eigenvalue weighted by atomic mass is 16.6. The van der Waals surface area contributed by atoms with Crippen molar-refractivity contribution in [2.75, 3.05) is 13.7 Å². The molecule has 13 unspecified atom stereocenters. The van der Waals surface area contributed by atoms with E-state index in [9.17, 15) is 15.0 Å². The second kappa shape index (κ2) is 7.61. The highest BCUT2D eigenvalue weighted by Crippen LogP contribution is 2.89. The first-order valence-corrected chi connectivity index (χ1v) is 14.5. The first-order valence-electron chi connectivity index (χ1n) is 14.5. The summed E-state index contributed by atoms with van der Waals surface area (Å²) in [6.45, 7) is 11.8. The Morgan fingerprint density at radius 2 is 1.72 bits per heavy atom. The minimum atomic E-state index is -0.733. The van der Waals surface area contributed by atoms with Gasteiger partial charge >= 0.3 is 6.09 Å². The Labute approximate surface area is 216 Å². The predicted molar refractivity (Wildman–Crippen MR) is 136 cm³/mol. The third kappa shape index (κ3) is 2.62. The molecule has 5 aliphatic carbocycles. The van der Waals surface area contributed by atoms with Gasteiger partial charge in [-0.2, -0.15) is 0 Å². The Balaban J connectivity index is 1.34. The molecule has 1 amide bonds. The Hall–Kier alpha value is -0.890. The summed E-state index contributed by atoms with van der Waals surface area (Å²) in [6, 6.07) is 0. The number of hydrogen-bond acceptors (Lipinski definition) is 6. The van der Waals surface area contributed by atoms with Gasteiger partial charge in [-0.15, -0.1) is 0 Å². The maximum Gasteiger partial charge on any atom is 0.406 e. The van der Waals surface area contributed by atoms with E-state index in [1.807, 2.05) is 0 Å². The van der Waals surface area contributed by atoms with Crippen LogP contribution in [-0.4, -0.2) is 59.9 Å². The molecular formula is C29H48N2O5. The van der Waals surface area contributed by atoms with Gasteiger partial charge in [-0.25, -0.2) is 4.79 Å². The van der Waals surface area contributed by atoms with Crippen molar-refractivity contribution in [2.24, 2.45) is 57.0 Å². The van der Waals surface area contributed by atoms with E-state index in [1.165, 1.54) is 6.42 Å². The number of ether oxygens (including phenoxy) is 2. The number of carbonyl (C=O) groups excluding carboxylic acids is 1. The molecule has 7 nitrogen and oxygen atoms in total. The Morgan fingerprint density at radius 3 is 2.42 bits per heavy atom. The second-order valence-corrected chi connectivity index (χ2v) is 14.5. The number of aliphatic hydroxyl groups is 2. The molecule has 0 bridgehead atoms. The zero-order chi connectivity index (χ0) is 26.1. The summed E-state index contributed by atoms with van der Waals surface area (Å²) >= 11 is 0. The number of aliphatic hydroxyl groups excluding tert-OH is 2. The summed E-state index contributed by atoms with van der Waals surface area (Å²) in [5.41, 5.74) is 7.03. The predicted octanol–water partition coefficient (Wildman–Crippen LogP) is 3.45. The van der Waals surface area contributed by atoms with Gasteiger partial charge in [0.15, 0.2) is 0 Å². The van der Waals surface area contributed by atoms with E-state index >= 15 is 0 Å². The molecule has 7 heteroatoms. The molecule has 13 atom stereocenters. The van der Waals surface area contributed by atoms with Crippen LogP contribution >= 0.6 is 0 Å². The molecule has 5 N–H and O–H groups in total. The number of hydrogen-bond donors (Lipinski definition) is 4. The minimum Gasteiger partial charge on any atom is -0.447 e. The summed E-state index contributed by atoms with van der Waals surface area (Å²) < 4.78 is 11.9. The van der Waals surface area contributed by atoms with Crippen molar-refractivity contribution in [1.82, 2.24) is 5.32 Å². The minimum absolute atomic E-state index is 0.0819. The first kappa shape index (κ1) is 25.4. The molecule has 6 rings (SSSR count). The van der Waals surface area contributed by atoms with Crippen LogP contribution in [0.3, 0.4) is 0 Å². The fraction of sp³-hybridized carbons (Fsp3) is 0.966. The number of alkyl carbamates (subject to hydrolysis) is 1. The SMILES string of the molecule is CNC(=O)OCC1CC(C)C2C(O1)C(O)C1(N)C3CCC4C(C)(C)C(O)CCC45C(C)C35CCC21C. The van der Waals surface area contributed by atoms with Gasteiger partial charge in [-0.05, 0) is 96.2 Å². The molecule has 204 valence electrons. The highest BCUT2D eigenvalue weighted by molar-refractivity contribution is 5.66. The number of rotatable bonds is 2. The first-order chi connectivity index (χ1) is 16.8. The van der Waals surface area contributed by atoms with E-state index in [0.717, 1.165) is 38.5 Å². The lowest BCUT2D eigenvalue weighted by molar-refractivity contribution is -0.152. The number of carbonyl (C=O) groups is 1. The van der Waals surface area contributed by atoms with Crippen molar-refractivity contribution in [3.63, 3.8) is 0 Å². The van der Waals surface area contributed by atoms with Crippen LogP contribution in [-0.2, 0) is 9.47 Å². The lowest BCUT2D eigenvalue weighted by atomic mass is 9.43. The van der Waals surface area contributed by atoms with Crippen molar-refractivity contribution >= 4 is 6.09 Å². The summed E-state index contributed by atoms with van der Waals surface area (Å²) in [5.74, 6) is 1.86. The van der Waals surface area contributed by atoms with Gasteiger partial charge in [0.1, 0.15) is 6.61 Å². The van der Waals surface area contributed by atoms with Crippen LogP contribution in [0.2, 0.25) is 0 Å². The summed E-state index contributed by atoms with van der Waals surface area (Å²) in [6.07, 6.45) is 5.08. The second-order valence-electron chi connectivity index (χ2n) is 14.5. The molecule has 6 aliphatic rings. The number of nitrogens with one attached hydrogen (secondary N) is 1. The van der Waals surface area contributed by atoms with E-state index in [4.69, 9.17) is 15.2 Å². The normalized spacial score (nSPS) is 58.4. The van der Waals surface area contributed by atoms with E-state index in [0.29, 0.717) is 17.8 Å². The van der Waals surface area contributed by atoms with Gasteiger partial charge < -0.3 is 30.7 Å². The van der Waals surface area contributed by atoms with Crippen LogP contribution in [0.1, 0.15) is 79.6 Å². The summed E-state index contributed by atoms with van der Waals surface area (Å²) in [7, 11) is 1.55. The molecule has 1 aliphatic heterocycles. The molecule has 1 heterocycles. The molecule has 0 aromatic rings. The highest BCUT2D eigenvalue weighted by Gasteiger charge is 2.88. The quantitative estimate of drug-likeness (QED) is 0.458. The van der Waals surface area contributed by atoms with Crippen LogP contribution in [0.4, 0.5) is 4.79 Å². The molecule has 1 saturated heterocycles. The van der Waals surface area contributed by atoms with Gasteiger partial charge in [0, 0.05) is 7.05 Å². The maximum absolute atomic E-state index is 12.1. The maximum atomic E-state index is 12.1. The van der Waals surface area contributed by atoms with E-state index < -0.39 is 17.7 Å². The average molecular weight is 505 g/mol. The third-order valence-corrected chi connectivity index (χ3v) is 13.6. The molecule has 0 aromatic heterocycles. The van der Waals surface area contributed by atoms with Gasteiger partial charge in [-0.3, -0.25) is 0 Å². The monoisotopic (exact) mass is 504 g/mol. The fourth-order valence-electron chi connectivity index (χ4n) is 12.1. The lowest BCUT2D eigenvalue weighted by Crippen LogP contribution is -2.70.